The number of carboxylic acid groups (broad SMARTS) is 1. The quantitative estimate of drug-likeness (QED) is 0.833. The van der Waals surface area contributed by atoms with E-state index in [9.17, 15) is 14.0 Å². The van der Waals surface area contributed by atoms with Crippen molar-refractivity contribution in [1.29, 1.82) is 0 Å². The maximum absolute atomic E-state index is 13.8. The molecule has 0 bridgehead atoms. The second-order valence-electron chi connectivity index (χ2n) is 5.85. The molecule has 1 aromatic carbocycles. The third kappa shape index (κ3) is 3.58. The maximum atomic E-state index is 13.8. The monoisotopic (exact) mass is 332 g/mol. The average Bonchev–Trinajstić information content (AvgIpc) is 3.31. The highest BCUT2D eigenvalue weighted by molar-refractivity contribution is 5.87. The summed E-state index contributed by atoms with van der Waals surface area (Å²) in [7, 11) is 1.74. The number of hydrogen-bond donors (Lipinski definition) is 2. The van der Waals surface area contributed by atoms with Gasteiger partial charge in [-0.2, -0.15) is 5.10 Å². The van der Waals surface area contributed by atoms with Crippen LogP contribution in [-0.4, -0.2) is 31.7 Å². The number of carbonyl (C=O) groups is 2. The molecule has 7 nitrogen and oxygen atoms in total. The molecular weight excluding hydrogens is 315 g/mol. The minimum Gasteiger partial charge on any atom is -0.478 e. The van der Waals surface area contributed by atoms with Crippen LogP contribution < -0.4 is 5.32 Å². The predicted molar refractivity (Wildman–Crippen MR) is 81.9 cm³/mol. The van der Waals surface area contributed by atoms with Crippen molar-refractivity contribution in [3.05, 3.63) is 46.8 Å². The zero-order valence-corrected chi connectivity index (χ0v) is 13.1. The van der Waals surface area contributed by atoms with Gasteiger partial charge in [-0.05, 0) is 25.0 Å². The van der Waals surface area contributed by atoms with Crippen LogP contribution in [-0.2, 0) is 24.8 Å². The summed E-state index contributed by atoms with van der Waals surface area (Å²) < 4.78 is 15.4. The number of aromatic nitrogens is 3. The summed E-state index contributed by atoms with van der Waals surface area (Å²) in [6, 6.07) is 3.60. The number of halogens is 1. The Kier molecular flexibility index (Phi) is 4.28. The molecule has 1 aliphatic carbocycles. The topological polar surface area (TPSA) is 97.1 Å². The lowest BCUT2D eigenvalue weighted by Crippen LogP contribution is -2.26. The molecule has 3 rings (SSSR count). The van der Waals surface area contributed by atoms with Crippen LogP contribution >= 0.6 is 0 Å². The average molecular weight is 332 g/mol. The van der Waals surface area contributed by atoms with E-state index in [0.29, 0.717) is 11.7 Å². The number of nitrogens with one attached hydrogen (secondary N) is 1. The first kappa shape index (κ1) is 16.1. The van der Waals surface area contributed by atoms with Crippen molar-refractivity contribution in [2.24, 2.45) is 7.05 Å². The zero-order chi connectivity index (χ0) is 17.3. The number of nitrogens with zero attached hydrogens (tertiary/aromatic N) is 3. The van der Waals surface area contributed by atoms with Crippen molar-refractivity contribution in [2.75, 3.05) is 0 Å². The van der Waals surface area contributed by atoms with Gasteiger partial charge >= 0.3 is 5.97 Å². The van der Waals surface area contributed by atoms with E-state index < -0.39 is 11.8 Å². The fourth-order valence-corrected chi connectivity index (χ4v) is 2.33. The number of rotatable bonds is 6. The second kappa shape index (κ2) is 6.38. The fraction of sp³-hybridized carbons (Fsp3) is 0.375. The van der Waals surface area contributed by atoms with Gasteiger partial charge in [-0.1, -0.05) is 6.07 Å². The molecule has 2 aromatic rings. The highest BCUT2D eigenvalue weighted by Crippen LogP contribution is 2.37. The fourth-order valence-electron chi connectivity index (χ4n) is 2.33. The summed E-state index contributed by atoms with van der Waals surface area (Å²) >= 11 is 0. The maximum Gasteiger partial charge on any atom is 0.335 e. The lowest BCUT2D eigenvalue weighted by Gasteiger charge is -2.07. The van der Waals surface area contributed by atoms with E-state index in [1.54, 1.807) is 11.7 Å². The van der Waals surface area contributed by atoms with E-state index in [2.05, 4.69) is 15.4 Å². The Morgan fingerprint density at radius 3 is 2.79 bits per heavy atom. The summed E-state index contributed by atoms with van der Waals surface area (Å²) in [4.78, 5) is 27.1. The van der Waals surface area contributed by atoms with Gasteiger partial charge in [0.05, 0.1) is 12.0 Å². The Hall–Kier alpha value is -2.77. The molecule has 0 aliphatic heterocycles. The van der Waals surface area contributed by atoms with E-state index in [-0.39, 0.29) is 30.0 Å². The third-order valence-corrected chi connectivity index (χ3v) is 3.91. The van der Waals surface area contributed by atoms with Crippen molar-refractivity contribution in [3.63, 3.8) is 0 Å². The van der Waals surface area contributed by atoms with Crippen LogP contribution in [0.5, 0.6) is 0 Å². The number of benzene rings is 1. The first-order valence-corrected chi connectivity index (χ1v) is 7.62. The van der Waals surface area contributed by atoms with Gasteiger partial charge in [-0.3, -0.25) is 9.48 Å². The molecule has 126 valence electrons. The summed E-state index contributed by atoms with van der Waals surface area (Å²) in [5.41, 5.74) is 0.0965. The molecule has 0 radical (unpaired) electrons. The van der Waals surface area contributed by atoms with Crippen molar-refractivity contribution < 1.29 is 19.1 Å². The summed E-state index contributed by atoms with van der Waals surface area (Å²) in [5.74, 6) is -0.403. The van der Waals surface area contributed by atoms with Gasteiger partial charge in [0.2, 0.25) is 5.91 Å². The number of carbonyl (C=O) groups excluding carboxylic acids is 1. The van der Waals surface area contributed by atoms with Gasteiger partial charge in [0, 0.05) is 25.1 Å². The molecule has 1 fully saturated rings. The lowest BCUT2D eigenvalue weighted by atomic mass is 10.1. The molecule has 0 saturated heterocycles. The van der Waals surface area contributed by atoms with Crippen molar-refractivity contribution in [2.45, 2.75) is 31.7 Å². The lowest BCUT2D eigenvalue weighted by molar-refractivity contribution is -0.120. The molecule has 0 atom stereocenters. The van der Waals surface area contributed by atoms with Gasteiger partial charge in [-0.25, -0.2) is 14.2 Å². The smallest absolute Gasteiger partial charge is 0.335 e. The summed E-state index contributed by atoms with van der Waals surface area (Å²) in [5, 5.41) is 15.7. The van der Waals surface area contributed by atoms with E-state index >= 15 is 0 Å². The number of aromatic carboxylic acids is 1. The number of carboxylic acids is 1. The summed E-state index contributed by atoms with van der Waals surface area (Å²) in [6.07, 6.45) is 2.23. The normalized spacial score (nSPS) is 13.8. The van der Waals surface area contributed by atoms with Crippen LogP contribution in [0.25, 0.3) is 0 Å². The van der Waals surface area contributed by atoms with E-state index in [1.165, 1.54) is 12.1 Å². The third-order valence-electron chi connectivity index (χ3n) is 3.91. The van der Waals surface area contributed by atoms with Crippen LogP contribution in [0.4, 0.5) is 4.39 Å². The van der Waals surface area contributed by atoms with Gasteiger partial charge < -0.3 is 10.4 Å². The molecule has 1 aliphatic rings. The molecule has 0 unspecified atom stereocenters. The number of aryl methyl sites for hydroxylation is 1. The van der Waals surface area contributed by atoms with Crippen molar-refractivity contribution >= 4 is 11.9 Å². The SMILES string of the molecule is Cn1nc(C2CC2)nc1CC(=O)NCc1ccc(C(=O)O)cc1F. The highest BCUT2D eigenvalue weighted by atomic mass is 19.1. The Bertz CT molecular complexity index is 799. The molecule has 0 spiro atoms. The minimum absolute atomic E-state index is 0.0160. The van der Waals surface area contributed by atoms with Crippen LogP contribution in [0.1, 0.15) is 46.3 Å². The largest absolute Gasteiger partial charge is 0.478 e. The van der Waals surface area contributed by atoms with Gasteiger partial charge in [0.15, 0.2) is 5.82 Å². The standard InChI is InChI=1S/C16H17FN4O3/c1-21-13(19-15(20-21)9-2-3-9)7-14(22)18-8-11-5-4-10(16(23)24)6-12(11)17/h4-6,9H,2-3,7-8H2,1H3,(H,18,22)(H,23,24). The van der Waals surface area contributed by atoms with Crippen LogP contribution in [0.2, 0.25) is 0 Å². The Labute approximate surface area is 137 Å². The number of amides is 1. The van der Waals surface area contributed by atoms with Crippen LogP contribution in [0, 0.1) is 5.82 Å². The summed E-state index contributed by atoms with van der Waals surface area (Å²) in [6.45, 7) is -0.0160. The molecule has 1 amide bonds. The van der Waals surface area contributed by atoms with E-state index in [4.69, 9.17) is 5.11 Å². The van der Waals surface area contributed by atoms with E-state index in [1.807, 2.05) is 0 Å². The predicted octanol–water partition coefficient (Wildman–Crippen LogP) is 1.39. The Morgan fingerprint density at radius 2 is 2.17 bits per heavy atom. The zero-order valence-electron chi connectivity index (χ0n) is 13.1. The molecule has 2 N–H and O–H groups in total. The Balaban J connectivity index is 1.58. The molecule has 24 heavy (non-hydrogen) atoms. The molecular formula is C16H17FN4O3. The van der Waals surface area contributed by atoms with Gasteiger partial charge in [-0.15, -0.1) is 0 Å². The Morgan fingerprint density at radius 1 is 1.42 bits per heavy atom. The van der Waals surface area contributed by atoms with Gasteiger partial charge in [0.25, 0.3) is 0 Å². The molecule has 1 heterocycles. The highest BCUT2D eigenvalue weighted by Gasteiger charge is 2.28. The number of hydrogen-bond acceptors (Lipinski definition) is 4. The first-order chi connectivity index (χ1) is 11.4. The van der Waals surface area contributed by atoms with E-state index in [0.717, 1.165) is 24.7 Å². The van der Waals surface area contributed by atoms with Crippen LogP contribution in [0.15, 0.2) is 18.2 Å². The first-order valence-electron chi connectivity index (χ1n) is 7.62. The molecule has 1 saturated carbocycles. The van der Waals surface area contributed by atoms with Crippen LogP contribution in [0.3, 0.4) is 0 Å². The van der Waals surface area contributed by atoms with Gasteiger partial charge in [0.1, 0.15) is 11.6 Å². The minimum atomic E-state index is -1.20. The second-order valence-corrected chi connectivity index (χ2v) is 5.85. The van der Waals surface area contributed by atoms with Crippen molar-refractivity contribution in [1.82, 2.24) is 20.1 Å². The van der Waals surface area contributed by atoms with Crippen molar-refractivity contribution in [3.8, 4) is 0 Å². The molecule has 8 heteroatoms. The molecule has 1 aromatic heterocycles.